The molecule has 0 amide bonds. The number of carbonyl (C=O) groups is 2. The van der Waals surface area contributed by atoms with Crippen LogP contribution < -0.4 is 0 Å². The van der Waals surface area contributed by atoms with Crippen LogP contribution in [0.2, 0.25) is 0 Å². The Morgan fingerprint density at radius 3 is 2.48 bits per heavy atom. The number of aryl methyl sites for hydroxylation is 2. The van der Waals surface area contributed by atoms with Gasteiger partial charge in [-0.25, -0.2) is 9.78 Å². The van der Waals surface area contributed by atoms with Gasteiger partial charge in [0.25, 0.3) is 0 Å². The van der Waals surface area contributed by atoms with Gasteiger partial charge < -0.3 is 4.74 Å². The summed E-state index contributed by atoms with van der Waals surface area (Å²) in [5, 5.41) is 0.712. The van der Waals surface area contributed by atoms with Gasteiger partial charge in [0.2, 0.25) is 0 Å². The summed E-state index contributed by atoms with van der Waals surface area (Å²) in [6.07, 6.45) is 0. The minimum Gasteiger partial charge on any atom is -0.454 e. The molecule has 0 bridgehead atoms. The second-order valence-corrected chi connectivity index (χ2v) is 6.15. The van der Waals surface area contributed by atoms with E-state index in [9.17, 15) is 9.59 Å². The third-order valence-electron chi connectivity index (χ3n) is 4.15. The monoisotopic (exact) mass is 333 g/mol. The minimum atomic E-state index is -0.515. The first-order chi connectivity index (χ1) is 12.0. The standard InChI is InChI=1S/C21H19NO3/c1-13-8-9-16(10-14(13)2)20-11-18(21(24)25-12-15(3)23)17-6-4-5-7-19(17)22-20/h4-11H,12H2,1-3H3. The number of esters is 1. The maximum Gasteiger partial charge on any atom is 0.339 e. The molecule has 0 saturated heterocycles. The van der Waals surface area contributed by atoms with Gasteiger partial charge in [0.05, 0.1) is 16.8 Å². The molecule has 0 unspecified atom stereocenters. The molecule has 126 valence electrons. The number of carbonyl (C=O) groups excluding carboxylic acids is 2. The van der Waals surface area contributed by atoms with Crippen molar-refractivity contribution in [1.29, 1.82) is 0 Å². The highest BCUT2D eigenvalue weighted by Crippen LogP contribution is 2.26. The molecule has 4 heteroatoms. The molecular weight excluding hydrogens is 314 g/mol. The van der Waals surface area contributed by atoms with Gasteiger partial charge >= 0.3 is 5.97 Å². The van der Waals surface area contributed by atoms with E-state index in [0.717, 1.165) is 11.1 Å². The second-order valence-electron chi connectivity index (χ2n) is 6.15. The van der Waals surface area contributed by atoms with Crippen LogP contribution in [0.25, 0.3) is 22.2 Å². The Morgan fingerprint density at radius 1 is 1.00 bits per heavy atom. The van der Waals surface area contributed by atoms with E-state index in [1.54, 1.807) is 6.07 Å². The van der Waals surface area contributed by atoms with E-state index in [0.29, 0.717) is 22.2 Å². The van der Waals surface area contributed by atoms with Gasteiger partial charge in [-0.3, -0.25) is 4.79 Å². The van der Waals surface area contributed by atoms with Gasteiger partial charge in [0.1, 0.15) is 6.61 Å². The summed E-state index contributed by atoms with van der Waals surface area (Å²) in [4.78, 5) is 28.3. The van der Waals surface area contributed by atoms with E-state index in [1.165, 1.54) is 12.5 Å². The molecule has 0 aliphatic rings. The van der Waals surface area contributed by atoms with Gasteiger partial charge in [0, 0.05) is 10.9 Å². The highest BCUT2D eigenvalue weighted by Gasteiger charge is 2.16. The maximum absolute atomic E-state index is 12.5. The van der Waals surface area contributed by atoms with Crippen LogP contribution in [0.15, 0.2) is 48.5 Å². The predicted octanol–water partition coefficient (Wildman–Crippen LogP) is 4.26. The number of rotatable bonds is 4. The lowest BCUT2D eigenvalue weighted by molar-refractivity contribution is -0.120. The molecule has 0 saturated carbocycles. The van der Waals surface area contributed by atoms with Crippen LogP contribution >= 0.6 is 0 Å². The summed E-state index contributed by atoms with van der Waals surface area (Å²) in [6.45, 7) is 5.26. The van der Waals surface area contributed by atoms with Crippen molar-refractivity contribution in [3.63, 3.8) is 0 Å². The summed E-state index contributed by atoms with van der Waals surface area (Å²) in [5.74, 6) is -0.708. The summed E-state index contributed by atoms with van der Waals surface area (Å²) in [7, 11) is 0. The molecule has 3 aromatic rings. The fourth-order valence-corrected chi connectivity index (χ4v) is 2.64. The number of para-hydroxylation sites is 1. The topological polar surface area (TPSA) is 56.3 Å². The lowest BCUT2D eigenvalue weighted by Gasteiger charge is -2.10. The molecule has 0 aliphatic heterocycles. The zero-order valence-corrected chi connectivity index (χ0v) is 14.5. The number of benzene rings is 2. The molecule has 0 atom stereocenters. The highest BCUT2D eigenvalue weighted by atomic mass is 16.5. The van der Waals surface area contributed by atoms with Crippen molar-refractivity contribution in [2.24, 2.45) is 0 Å². The smallest absolute Gasteiger partial charge is 0.339 e. The van der Waals surface area contributed by atoms with E-state index < -0.39 is 5.97 Å². The molecule has 0 aliphatic carbocycles. The summed E-state index contributed by atoms with van der Waals surface area (Å²) >= 11 is 0. The van der Waals surface area contributed by atoms with E-state index in [-0.39, 0.29) is 12.4 Å². The number of hydrogen-bond donors (Lipinski definition) is 0. The SMILES string of the molecule is CC(=O)COC(=O)c1cc(-c2ccc(C)c(C)c2)nc2ccccc12. The Balaban J connectivity index is 2.13. The first-order valence-corrected chi connectivity index (χ1v) is 8.09. The molecule has 0 radical (unpaired) electrons. The largest absolute Gasteiger partial charge is 0.454 e. The van der Waals surface area contributed by atoms with Gasteiger partial charge in [-0.05, 0) is 50.1 Å². The Labute approximate surface area is 146 Å². The van der Waals surface area contributed by atoms with Crippen molar-refractivity contribution in [2.45, 2.75) is 20.8 Å². The lowest BCUT2D eigenvalue weighted by atomic mass is 10.0. The Morgan fingerprint density at radius 2 is 1.76 bits per heavy atom. The molecule has 0 N–H and O–H groups in total. The van der Waals surface area contributed by atoms with Crippen LogP contribution in [0.5, 0.6) is 0 Å². The number of Topliss-reactive ketones (excluding diaryl/α,β-unsaturated/α-hetero) is 1. The Hall–Kier alpha value is -3.01. The molecule has 1 heterocycles. The van der Waals surface area contributed by atoms with Crippen LogP contribution in [0.1, 0.15) is 28.4 Å². The van der Waals surface area contributed by atoms with Crippen molar-refractivity contribution in [1.82, 2.24) is 4.98 Å². The number of ketones is 1. The van der Waals surface area contributed by atoms with Gasteiger partial charge in [-0.2, -0.15) is 0 Å². The first-order valence-electron chi connectivity index (χ1n) is 8.09. The van der Waals surface area contributed by atoms with Crippen LogP contribution in [-0.2, 0) is 9.53 Å². The third kappa shape index (κ3) is 3.58. The Bertz CT molecular complexity index is 976. The molecule has 0 fully saturated rings. The van der Waals surface area contributed by atoms with E-state index >= 15 is 0 Å². The van der Waals surface area contributed by atoms with E-state index in [2.05, 4.69) is 18.0 Å². The third-order valence-corrected chi connectivity index (χ3v) is 4.15. The molecule has 3 rings (SSSR count). The van der Waals surface area contributed by atoms with Crippen LogP contribution in [-0.4, -0.2) is 23.3 Å². The van der Waals surface area contributed by atoms with Crippen molar-refractivity contribution in [3.05, 3.63) is 65.2 Å². The summed E-state index contributed by atoms with van der Waals surface area (Å²) in [5.41, 5.74) is 5.14. The van der Waals surface area contributed by atoms with Gasteiger partial charge in [-0.1, -0.05) is 30.3 Å². The van der Waals surface area contributed by atoms with E-state index in [4.69, 9.17) is 4.74 Å². The number of aromatic nitrogens is 1. The van der Waals surface area contributed by atoms with Crippen molar-refractivity contribution < 1.29 is 14.3 Å². The minimum absolute atomic E-state index is 0.193. The highest BCUT2D eigenvalue weighted by molar-refractivity contribution is 6.05. The fraction of sp³-hybridized carbons (Fsp3) is 0.190. The normalized spacial score (nSPS) is 10.7. The average Bonchev–Trinajstić information content (AvgIpc) is 2.61. The Kier molecular flexibility index (Phi) is 4.61. The maximum atomic E-state index is 12.5. The van der Waals surface area contributed by atoms with Crippen molar-refractivity contribution >= 4 is 22.7 Å². The predicted molar refractivity (Wildman–Crippen MR) is 97.6 cm³/mol. The fourth-order valence-electron chi connectivity index (χ4n) is 2.64. The van der Waals surface area contributed by atoms with Crippen LogP contribution in [0.4, 0.5) is 0 Å². The molecule has 25 heavy (non-hydrogen) atoms. The number of hydrogen-bond acceptors (Lipinski definition) is 4. The lowest BCUT2D eigenvalue weighted by Crippen LogP contribution is -2.12. The molecular formula is C21H19NO3. The number of ether oxygens (including phenoxy) is 1. The first kappa shape index (κ1) is 16.8. The van der Waals surface area contributed by atoms with Crippen LogP contribution in [0, 0.1) is 13.8 Å². The molecule has 2 aromatic carbocycles. The molecule has 1 aromatic heterocycles. The van der Waals surface area contributed by atoms with Gasteiger partial charge in [-0.15, -0.1) is 0 Å². The quantitative estimate of drug-likeness (QED) is 0.669. The zero-order valence-electron chi connectivity index (χ0n) is 14.5. The van der Waals surface area contributed by atoms with Gasteiger partial charge in [0.15, 0.2) is 5.78 Å². The van der Waals surface area contributed by atoms with Crippen LogP contribution in [0.3, 0.4) is 0 Å². The number of fused-ring (bicyclic) bond motifs is 1. The number of pyridine rings is 1. The molecule has 4 nitrogen and oxygen atoms in total. The van der Waals surface area contributed by atoms with Crippen molar-refractivity contribution in [2.75, 3.05) is 6.61 Å². The summed E-state index contributed by atoms with van der Waals surface area (Å²) in [6, 6.07) is 15.2. The molecule has 0 spiro atoms. The summed E-state index contributed by atoms with van der Waals surface area (Å²) < 4.78 is 5.12. The number of nitrogens with zero attached hydrogens (tertiary/aromatic N) is 1. The van der Waals surface area contributed by atoms with E-state index in [1.807, 2.05) is 43.3 Å². The average molecular weight is 333 g/mol. The zero-order chi connectivity index (χ0) is 18.0. The van der Waals surface area contributed by atoms with Crippen molar-refractivity contribution in [3.8, 4) is 11.3 Å². The second kappa shape index (κ2) is 6.85.